The summed E-state index contributed by atoms with van der Waals surface area (Å²) in [7, 11) is 0. The molecule has 1 aliphatic carbocycles. The maximum absolute atomic E-state index is 3.00. The first kappa shape index (κ1) is 22.8. The number of hydrogen-bond donors (Lipinski definition) is 0. The van der Waals surface area contributed by atoms with E-state index in [9.17, 15) is 0 Å². The summed E-state index contributed by atoms with van der Waals surface area (Å²) in [4.78, 5) is 0. The van der Waals surface area contributed by atoms with Gasteiger partial charge in [0.05, 0.1) is 0 Å². The summed E-state index contributed by atoms with van der Waals surface area (Å²) in [5.74, 6) is 0. The molecular weight excluding hydrogens is 375 g/mol. The predicted molar refractivity (Wildman–Crippen MR) is 29.9 cm³/mol. The molecule has 0 aromatic rings. The summed E-state index contributed by atoms with van der Waals surface area (Å²) in [5, 5.41) is 0. The maximum Gasteiger partial charge on any atom is 0 e. The SMILES string of the molecule is CC1=C=CC=C=C1.[Br-].[Br-].[Zn].[Zn]. The molecule has 0 aromatic heterocycles. The molecule has 0 N–H and O–H groups in total. The third-order valence-corrected chi connectivity index (χ3v) is 0.790. The Hall–Kier alpha value is 1.25. The van der Waals surface area contributed by atoms with E-state index in [4.69, 9.17) is 0 Å². The van der Waals surface area contributed by atoms with Crippen LogP contribution in [0.4, 0.5) is 0 Å². The first-order valence-electron chi connectivity index (χ1n) is 2.24. The Kier molecular flexibility index (Phi) is 28.6. The average Bonchev–Trinajstić information content (AvgIpc) is 1.69. The second-order valence-corrected chi connectivity index (χ2v) is 1.47. The molecule has 0 saturated carbocycles. The van der Waals surface area contributed by atoms with E-state index in [0.29, 0.717) is 0 Å². The molecule has 0 aliphatic heterocycles. The standard InChI is InChI=1S/C7H6.2BrH.2Zn/c1-7-5-3-2-4-6-7;;;;/h2-3,6H,1H3;2*1H;;/p-2. The molecule has 0 fully saturated rings. The predicted octanol–water partition coefficient (Wildman–Crippen LogP) is -4.18. The van der Waals surface area contributed by atoms with Crippen molar-refractivity contribution < 1.29 is 72.9 Å². The van der Waals surface area contributed by atoms with Gasteiger partial charge in [-0.25, -0.2) is 0 Å². The third-order valence-electron chi connectivity index (χ3n) is 0.790. The second-order valence-electron chi connectivity index (χ2n) is 1.47. The van der Waals surface area contributed by atoms with Crippen LogP contribution < -0.4 is 34.0 Å². The van der Waals surface area contributed by atoms with E-state index in [1.165, 1.54) is 0 Å². The van der Waals surface area contributed by atoms with Crippen LogP contribution in [0.15, 0.2) is 35.3 Å². The van der Waals surface area contributed by atoms with Crippen LogP contribution in [0.2, 0.25) is 0 Å². The summed E-state index contributed by atoms with van der Waals surface area (Å²) in [5.41, 5.74) is 7.07. The third kappa shape index (κ3) is 11.2. The zero-order valence-electron chi connectivity index (χ0n) is 6.40. The monoisotopic (exact) mass is 376 g/mol. The molecule has 0 aromatic carbocycles. The molecule has 0 spiro atoms. The van der Waals surface area contributed by atoms with Crippen LogP contribution >= 0.6 is 0 Å². The van der Waals surface area contributed by atoms with Gasteiger partial charge >= 0.3 is 0 Å². The first-order chi connectivity index (χ1) is 3.39. The van der Waals surface area contributed by atoms with Crippen LogP contribution in [0.5, 0.6) is 0 Å². The van der Waals surface area contributed by atoms with Gasteiger partial charge in [0.15, 0.2) is 0 Å². The van der Waals surface area contributed by atoms with Gasteiger partial charge in [0.1, 0.15) is 0 Å². The van der Waals surface area contributed by atoms with Crippen molar-refractivity contribution in [3.63, 3.8) is 0 Å². The van der Waals surface area contributed by atoms with Crippen molar-refractivity contribution in [2.45, 2.75) is 6.92 Å². The van der Waals surface area contributed by atoms with Crippen molar-refractivity contribution >= 4 is 0 Å². The van der Waals surface area contributed by atoms with Crippen LogP contribution in [0.25, 0.3) is 0 Å². The van der Waals surface area contributed by atoms with Crippen LogP contribution in [0.3, 0.4) is 0 Å². The van der Waals surface area contributed by atoms with Crippen molar-refractivity contribution in [3.05, 3.63) is 35.3 Å². The summed E-state index contributed by atoms with van der Waals surface area (Å²) in [6.45, 7) is 2.00. The molecule has 0 radical (unpaired) electrons. The topological polar surface area (TPSA) is 0 Å². The molecular formula is C7H6Br2Zn2-2. The molecule has 1 aliphatic rings. The zero-order valence-corrected chi connectivity index (χ0v) is 15.5. The minimum Gasteiger partial charge on any atom is -1.00 e. The van der Waals surface area contributed by atoms with Gasteiger partial charge in [0, 0.05) is 39.0 Å². The van der Waals surface area contributed by atoms with Gasteiger partial charge in [0.2, 0.25) is 0 Å². The molecule has 0 nitrogen and oxygen atoms in total. The first-order valence-corrected chi connectivity index (χ1v) is 2.24. The van der Waals surface area contributed by atoms with Crippen LogP contribution in [-0.4, -0.2) is 0 Å². The smallest absolute Gasteiger partial charge is 0 e. The summed E-state index contributed by atoms with van der Waals surface area (Å²) < 4.78 is 0. The van der Waals surface area contributed by atoms with Crippen LogP contribution in [0, 0.1) is 0 Å². The molecule has 54 valence electrons. The van der Waals surface area contributed by atoms with Crippen molar-refractivity contribution in [2.24, 2.45) is 0 Å². The molecule has 0 unspecified atom stereocenters. The fraction of sp³-hybridized carbons (Fsp3) is 0.143. The maximum atomic E-state index is 3.00. The van der Waals surface area contributed by atoms with Crippen LogP contribution in [-0.2, 0) is 39.0 Å². The van der Waals surface area contributed by atoms with Gasteiger partial charge in [0.25, 0.3) is 0 Å². The van der Waals surface area contributed by atoms with Gasteiger partial charge in [-0.1, -0.05) is 0 Å². The number of rotatable bonds is 0. The minimum atomic E-state index is 0. The Bertz CT molecular complexity index is 196. The van der Waals surface area contributed by atoms with Crippen molar-refractivity contribution in [1.29, 1.82) is 0 Å². The molecule has 0 amide bonds. The Morgan fingerprint density at radius 3 is 1.82 bits per heavy atom. The fourth-order valence-electron chi connectivity index (χ4n) is 0.436. The van der Waals surface area contributed by atoms with E-state index in [-0.39, 0.29) is 72.9 Å². The Morgan fingerprint density at radius 2 is 1.64 bits per heavy atom. The second kappa shape index (κ2) is 13.8. The number of halogens is 2. The van der Waals surface area contributed by atoms with E-state index in [0.717, 1.165) is 5.57 Å². The van der Waals surface area contributed by atoms with Crippen molar-refractivity contribution in [2.75, 3.05) is 0 Å². The molecule has 1 rings (SSSR count). The molecule has 0 saturated heterocycles. The van der Waals surface area contributed by atoms with Gasteiger partial charge in [-0.3, -0.25) is 0 Å². The summed E-state index contributed by atoms with van der Waals surface area (Å²) >= 11 is 0. The Labute approximate surface area is 114 Å². The number of hydrogen-bond acceptors (Lipinski definition) is 0. The molecule has 0 bridgehead atoms. The Morgan fingerprint density at radius 1 is 1.09 bits per heavy atom. The zero-order chi connectivity index (χ0) is 5.11. The van der Waals surface area contributed by atoms with E-state index in [2.05, 4.69) is 11.5 Å². The van der Waals surface area contributed by atoms with E-state index in [1.54, 1.807) is 0 Å². The Balaban J connectivity index is -0.0000000612. The van der Waals surface area contributed by atoms with E-state index in [1.807, 2.05) is 25.2 Å². The number of allylic oxidation sites excluding steroid dienone is 2. The van der Waals surface area contributed by atoms with Gasteiger partial charge in [-0.2, -0.15) is 0 Å². The minimum absolute atomic E-state index is 0. The summed E-state index contributed by atoms with van der Waals surface area (Å²) in [6, 6.07) is 0. The van der Waals surface area contributed by atoms with Gasteiger partial charge in [-0.05, 0) is 30.7 Å². The van der Waals surface area contributed by atoms with Gasteiger partial charge in [-0.15, -0.1) is 11.5 Å². The van der Waals surface area contributed by atoms with Crippen LogP contribution in [0.1, 0.15) is 6.92 Å². The van der Waals surface area contributed by atoms with Gasteiger partial charge < -0.3 is 34.0 Å². The molecule has 11 heavy (non-hydrogen) atoms. The summed E-state index contributed by atoms with van der Waals surface area (Å²) in [6.07, 6.45) is 5.60. The van der Waals surface area contributed by atoms with E-state index < -0.39 is 0 Å². The average molecular weight is 381 g/mol. The van der Waals surface area contributed by atoms with E-state index >= 15 is 0 Å². The largest absolute Gasteiger partial charge is 1.00 e. The quantitative estimate of drug-likeness (QED) is 0.295. The van der Waals surface area contributed by atoms with Crippen molar-refractivity contribution in [1.82, 2.24) is 0 Å². The molecule has 0 atom stereocenters. The van der Waals surface area contributed by atoms with Crippen molar-refractivity contribution in [3.8, 4) is 0 Å². The normalized spacial score (nSPS) is 9.36. The molecule has 4 heteroatoms. The fourth-order valence-corrected chi connectivity index (χ4v) is 0.436. The molecule has 0 heterocycles.